The van der Waals surface area contributed by atoms with Crippen LogP contribution in [0.1, 0.15) is 38.8 Å². The molecule has 0 saturated carbocycles. The number of nitrogens with zero attached hydrogens (tertiary/aromatic N) is 2. The zero-order valence-corrected chi connectivity index (χ0v) is 18.5. The highest BCUT2D eigenvalue weighted by Gasteiger charge is 2.24. The van der Waals surface area contributed by atoms with Crippen LogP contribution in [0.4, 0.5) is 4.79 Å². The molecule has 1 aromatic rings. The number of carbonyl (C=O) groups excluding carboxylic acids is 1. The predicted molar refractivity (Wildman–Crippen MR) is 106 cm³/mol. The fourth-order valence-corrected chi connectivity index (χ4v) is 3.22. The van der Waals surface area contributed by atoms with Crippen LogP contribution >= 0.6 is 0 Å². The molecule has 0 bridgehead atoms. The van der Waals surface area contributed by atoms with E-state index in [1.165, 1.54) is 5.56 Å². The molecule has 1 aliphatic rings. The molecule has 1 amide bonds. The number of carbonyl (C=O) groups is 1. The third kappa shape index (κ3) is 7.15. The van der Waals surface area contributed by atoms with E-state index in [1.54, 1.807) is 4.90 Å². The fraction of sp³-hybridized carbons (Fsp3) is 0.667. The van der Waals surface area contributed by atoms with Crippen molar-refractivity contribution in [2.24, 2.45) is 0 Å². The molecule has 1 N–H and O–H groups in total. The summed E-state index contributed by atoms with van der Waals surface area (Å²) in [5, 5.41) is 10.4. The highest BCUT2D eigenvalue weighted by molar-refractivity contribution is 5.67. The number of aryl methyl sites for hydroxylation is 1. The zero-order chi connectivity index (χ0) is 20.0. The van der Waals surface area contributed by atoms with Crippen LogP contribution in [0.25, 0.3) is 0 Å². The maximum Gasteiger partial charge on any atom is 0.409 e. The lowest BCUT2D eigenvalue weighted by Crippen LogP contribution is -3.00. The molecule has 160 valence electrons. The van der Waals surface area contributed by atoms with E-state index in [0.29, 0.717) is 26.2 Å². The van der Waals surface area contributed by atoms with Gasteiger partial charge in [0.25, 0.3) is 0 Å². The van der Waals surface area contributed by atoms with E-state index in [0.717, 1.165) is 24.4 Å². The molecule has 1 unspecified atom stereocenters. The molecule has 0 aromatic heterocycles. The zero-order valence-electron chi connectivity index (χ0n) is 17.7. The van der Waals surface area contributed by atoms with Crippen LogP contribution < -0.4 is 17.1 Å². The second kappa shape index (κ2) is 10.9. The van der Waals surface area contributed by atoms with Gasteiger partial charge in [-0.15, -0.1) is 0 Å². The number of hydrogen-bond donors (Lipinski definition) is 1. The lowest BCUT2D eigenvalue weighted by molar-refractivity contribution is -0.0000203. The summed E-state index contributed by atoms with van der Waals surface area (Å²) in [6, 6.07) is 6.17. The smallest absolute Gasteiger partial charge is 0.409 e. The molecule has 0 spiro atoms. The van der Waals surface area contributed by atoms with Gasteiger partial charge in [-0.25, -0.2) is 4.79 Å². The molecule has 0 aliphatic carbocycles. The van der Waals surface area contributed by atoms with E-state index in [-0.39, 0.29) is 30.5 Å². The molecule has 6 nitrogen and oxygen atoms in total. The second-order valence-corrected chi connectivity index (χ2v) is 8.20. The van der Waals surface area contributed by atoms with Gasteiger partial charge in [0.1, 0.15) is 18.5 Å². The van der Waals surface area contributed by atoms with Crippen LogP contribution in [-0.4, -0.2) is 73.0 Å². The van der Waals surface area contributed by atoms with Gasteiger partial charge >= 0.3 is 6.09 Å². The molecule has 1 saturated heterocycles. The lowest BCUT2D eigenvalue weighted by atomic mass is 9.85. The van der Waals surface area contributed by atoms with E-state index >= 15 is 0 Å². The Kier molecular flexibility index (Phi) is 9.54. The minimum atomic E-state index is -0.576. The molecule has 1 heterocycles. The van der Waals surface area contributed by atoms with Crippen molar-refractivity contribution < 1.29 is 31.8 Å². The van der Waals surface area contributed by atoms with E-state index in [9.17, 15) is 9.90 Å². The Morgan fingerprint density at radius 3 is 2.43 bits per heavy atom. The summed E-state index contributed by atoms with van der Waals surface area (Å²) >= 11 is 0. The number of piperazine rings is 1. The minimum Gasteiger partial charge on any atom is -1.00 e. The Hall–Kier alpha value is -1.50. The molecule has 1 aliphatic heterocycles. The maximum absolute atomic E-state index is 11.7. The van der Waals surface area contributed by atoms with Gasteiger partial charge in [0.2, 0.25) is 0 Å². The Morgan fingerprint density at radius 1 is 1.21 bits per heavy atom. The van der Waals surface area contributed by atoms with Gasteiger partial charge in [0.05, 0.1) is 6.61 Å². The van der Waals surface area contributed by atoms with Crippen molar-refractivity contribution in [2.75, 3.05) is 45.9 Å². The number of aliphatic hydroxyl groups excluding tert-OH is 1. The highest BCUT2D eigenvalue weighted by Crippen LogP contribution is 2.32. The summed E-state index contributed by atoms with van der Waals surface area (Å²) in [6.45, 7) is 14.3. The second-order valence-electron chi connectivity index (χ2n) is 8.20. The van der Waals surface area contributed by atoms with Crippen LogP contribution in [-0.2, 0) is 10.2 Å². The average molecular weight is 414 g/mol. The van der Waals surface area contributed by atoms with Crippen molar-refractivity contribution in [3.05, 3.63) is 29.3 Å². The van der Waals surface area contributed by atoms with Crippen molar-refractivity contribution in [3.8, 4) is 5.75 Å². The van der Waals surface area contributed by atoms with Crippen molar-refractivity contribution in [1.82, 2.24) is 9.80 Å². The fourth-order valence-electron chi connectivity index (χ4n) is 3.22. The number of amides is 1. The number of aliphatic hydroxyl groups is 1. The molecule has 7 heteroatoms. The summed E-state index contributed by atoms with van der Waals surface area (Å²) in [5.74, 6) is 0.833. The highest BCUT2D eigenvalue weighted by atomic mass is 35.5. The molecule has 1 fully saturated rings. The first-order valence-electron chi connectivity index (χ1n) is 9.76. The van der Waals surface area contributed by atoms with Gasteiger partial charge < -0.3 is 31.9 Å². The van der Waals surface area contributed by atoms with Gasteiger partial charge in [-0.2, -0.15) is 0 Å². The number of rotatable bonds is 6. The van der Waals surface area contributed by atoms with Crippen LogP contribution in [0.5, 0.6) is 5.75 Å². The SMILES string of the molecule is CCOC(=O)N1CCN(CC(O)COc2ccc(C)cc2C(C)(C)C)CC1.[Cl-]. The van der Waals surface area contributed by atoms with Crippen molar-refractivity contribution in [3.63, 3.8) is 0 Å². The van der Waals surface area contributed by atoms with E-state index in [1.807, 2.05) is 19.1 Å². The van der Waals surface area contributed by atoms with Crippen molar-refractivity contribution in [1.29, 1.82) is 0 Å². The van der Waals surface area contributed by atoms with E-state index in [4.69, 9.17) is 9.47 Å². The van der Waals surface area contributed by atoms with Crippen molar-refractivity contribution >= 4 is 6.09 Å². The topological polar surface area (TPSA) is 62.2 Å². The first-order valence-corrected chi connectivity index (χ1v) is 9.76. The van der Waals surface area contributed by atoms with Gasteiger partial charge in [0.15, 0.2) is 0 Å². The van der Waals surface area contributed by atoms with E-state index in [2.05, 4.69) is 38.7 Å². The standard InChI is InChI=1S/C21H34N2O4.ClH/c1-6-26-20(25)23-11-9-22(10-12-23)14-17(24)15-27-19-8-7-16(2)13-18(19)21(3,4)5;/h7-8,13,17,24H,6,9-12,14-15H2,1-5H3;1H/p-1. The average Bonchev–Trinajstić information content (AvgIpc) is 2.60. The Balaban J connectivity index is 0.00000392. The summed E-state index contributed by atoms with van der Waals surface area (Å²) in [4.78, 5) is 15.6. The summed E-state index contributed by atoms with van der Waals surface area (Å²) in [7, 11) is 0. The largest absolute Gasteiger partial charge is 1.00 e. The van der Waals surface area contributed by atoms with Crippen molar-refractivity contribution in [2.45, 2.75) is 46.1 Å². The predicted octanol–water partition coefficient (Wildman–Crippen LogP) is -0.190. The summed E-state index contributed by atoms with van der Waals surface area (Å²) in [6.07, 6.45) is -0.830. The summed E-state index contributed by atoms with van der Waals surface area (Å²) < 4.78 is 11.0. The van der Waals surface area contributed by atoms with Gasteiger partial charge in [-0.3, -0.25) is 4.90 Å². The van der Waals surface area contributed by atoms with Crippen LogP contribution in [0.2, 0.25) is 0 Å². The van der Waals surface area contributed by atoms with Crippen LogP contribution in [0.15, 0.2) is 18.2 Å². The summed E-state index contributed by atoms with van der Waals surface area (Å²) in [5.41, 5.74) is 2.33. The maximum atomic E-state index is 11.7. The third-order valence-electron chi connectivity index (χ3n) is 4.74. The molecule has 0 radical (unpaired) electrons. The third-order valence-corrected chi connectivity index (χ3v) is 4.74. The normalized spacial score (nSPS) is 16.3. The van der Waals surface area contributed by atoms with Gasteiger partial charge in [-0.1, -0.05) is 38.5 Å². The number of benzene rings is 1. The molecular weight excluding hydrogens is 380 g/mol. The van der Waals surface area contributed by atoms with E-state index < -0.39 is 6.10 Å². The monoisotopic (exact) mass is 413 g/mol. The van der Waals surface area contributed by atoms with Crippen LogP contribution in [0.3, 0.4) is 0 Å². The quantitative estimate of drug-likeness (QED) is 0.700. The number of halogens is 1. The van der Waals surface area contributed by atoms with Crippen LogP contribution in [0, 0.1) is 6.92 Å². The Labute approximate surface area is 175 Å². The molecule has 28 heavy (non-hydrogen) atoms. The first kappa shape index (κ1) is 24.5. The molecule has 1 atom stereocenters. The minimum absolute atomic E-state index is 0. The van der Waals surface area contributed by atoms with Gasteiger partial charge in [-0.05, 0) is 30.9 Å². The number of ether oxygens (including phenoxy) is 2. The molecule has 1 aromatic carbocycles. The lowest BCUT2D eigenvalue weighted by Gasteiger charge is -2.35. The van der Waals surface area contributed by atoms with Gasteiger partial charge in [0, 0.05) is 32.7 Å². The number of hydrogen-bond acceptors (Lipinski definition) is 5. The first-order chi connectivity index (χ1) is 12.7. The molecular formula is C21H34ClN2O4-. The number of β-amino-alcohol motifs (C(OH)–C–C–N with tert-alkyl or cyclic N) is 1. The Bertz CT molecular complexity index is 625. The Morgan fingerprint density at radius 2 is 1.86 bits per heavy atom. The molecule has 2 rings (SSSR count).